The van der Waals surface area contributed by atoms with Crippen LogP contribution in [0.25, 0.3) is 0 Å². The fraction of sp³-hybridized carbons (Fsp3) is 0.263. The first-order valence-electron chi connectivity index (χ1n) is 8.06. The molecule has 7 heteroatoms. The molecule has 26 heavy (non-hydrogen) atoms. The van der Waals surface area contributed by atoms with E-state index in [0.717, 1.165) is 17.2 Å². The maximum atomic E-state index is 13.2. The quantitative estimate of drug-likeness (QED) is 0.686. The first-order valence-corrected chi connectivity index (χ1v) is 8.85. The second-order valence-corrected chi connectivity index (χ2v) is 6.51. The van der Waals surface area contributed by atoms with Gasteiger partial charge in [0.15, 0.2) is 0 Å². The van der Waals surface area contributed by atoms with Gasteiger partial charge < -0.3 is 15.4 Å². The van der Waals surface area contributed by atoms with Gasteiger partial charge in [0, 0.05) is 31.1 Å². The molecule has 2 aromatic carbocycles. The standard InChI is InChI=1S/C19H20BrFN2O3/c1-26-12-14-4-2-3-13(9-14)11-23-18(24)7-8-22-19(25)16-10-15(21)5-6-17(16)20/h2-6,9-10H,7-8,11-12H2,1H3,(H,22,25)(H,23,24). The molecular weight excluding hydrogens is 403 g/mol. The molecule has 0 heterocycles. The van der Waals surface area contributed by atoms with Crippen molar-refractivity contribution in [3.8, 4) is 0 Å². The normalized spacial score (nSPS) is 10.4. The molecular formula is C19H20BrFN2O3. The Bertz CT molecular complexity index is 783. The van der Waals surface area contributed by atoms with Gasteiger partial charge in [0.1, 0.15) is 5.82 Å². The highest BCUT2D eigenvalue weighted by Crippen LogP contribution is 2.17. The van der Waals surface area contributed by atoms with E-state index in [0.29, 0.717) is 17.6 Å². The first-order chi connectivity index (χ1) is 12.5. The van der Waals surface area contributed by atoms with E-state index in [2.05, 4.69) is 26.6 Å². The van der Waals surface area contributed by atoms with Crippen LogP contribution in [0.1, 0.15) is 27.9 Å². The highest BCUT2D eigenvalue weighted by Gasteiger charge is 2.11. The molecule has 0 atom stereocenters. The van der Waals surface area contributed by atoms with Crippen LogP contribution in [0.5, 0.6) is 0 Å². The van der Waals surface area contributed by atoms with Crippen molar-refractivity contribution >= 4 is 27.7 Å². The van der Waals surface area contributed by atoms with Crippen molar-refractivity contribution in [2.45, 2.75) is 19.6 Å². The Morgan fingerprint density at radius 2 is 1.88 bits per heavy atom. The monoisotopic (exact) mass is 422 g/mol. The molecule has 138 valence electrons. The number of hydrogen-bond acceptors (Lipinski definition) is 3. The predicted octanol–water partition coefficient (Wildman–Crippen LogP) is 3.17. The van der Waals surface area contributed by atoms with Gasteiger partial charge in [-0.1, -0.05) is 24.3 Å². The molecule has 0 saturated carbocycles. The Morgan fingerprint density at radius 3 is 2.65 bits per heavy atom. The molecule has 0 aliphatic rings. The SMILES string of the molecule is COCc1cccc(CNC(=O)CCNC(=O)c2cc(F)ccc2Br)c1. The second-order valence-electron chi connectivity index (χ2n) is 5.66. The number of hydrogen-bond donors (Lipinski definition) is 2. The summed E-state index contributed by atoms with van der Waals surface area (Å²) in [4.78, 5) is 23.9. The summed E-state index contributed by atoms with van der Waals surface area (Å²) in [5.41, 5.74) is 2.20. The van der Waals surface area contributed by atoms with Crippen LogP contribution in [0.2, 0.25) is 0 Å². The van der Waals surface area contributed by atoms with E-state index >= 15 is 0 Å². The predicted molar refractivity (Wildman–Crippen MR) is 100 cm³/mol. The van der Waals surface area contributed by atoms with E-state index in [-0.39, 0.29) is 24.4 Å². The fourth-order valence-corrected chi connectivity index (χ4v) is 2.77. The van der Waals surface area contributed by atoms with Crippen molar-refractivity contribution in [1.82, 2.24) is 10.6 Å². The van der Waals surface area contributed by atoms with Crippen molar-refractivity contribution in [3.63, 3.8) is 0 Å². The second kappa shape index (κ2) is 10.0. The number of rotatable bonds is 8. The van der Waals surface area contributed by atoms with Gasteiger partial charge in [0.05, 0.1) is 12.2 Å². The number of benzene rings is 2. The smallest absolute Gasteiger partial charge is 0.252 e. The van der Waals surface area contributed by atoms with Crippen LogP contribution in [-0.2, 0) is 22.7 Å². The molecule has 0 aliphatic heterocycles. The van der Waals surface area contributed by atoms with Gasteiger partial charge in [-0.3, -0.25) is 9.59 Å². The van der Waals surface area contributed by atoms with Gasteiger partial charge >= 0.3 is 0 Å². The Labute approximate surface area is 160 Å². The number of halogens is 2. The Morgan fingerprint density at radius 1 is 1.12 bits per heavy atom. The molecule has 5 nitrogen and oxygen atoms in total. The minimum Gasteiger partial charge on any atom is -0.380 e. The molecule has 0 bridgehead atoms. The molecule has 2 rings (SSSR count). The summed E-state index contributed by atoms with van der Waals surface area (Å²) < 4.78 is 18.8. The summed E-state index contributed by atoms with van der Waals surface area (Å²) in [6, 6.07) is 11.6. The molecule has 0 aromatic heterocycles. The van der Waals surface area contributed by atoms with Crippen molar-refractivity contribution < 1.29 is 18.7 Å². The van der Waals surface area contributed by atoms with Crippen LogP contribution >= 0.6 is 15.9 Å². The number of ether oxygens (including phenoxy) is 1. The van der Waals surface area contributed by atoms with E-state index in [1.165, 1.54) is 12.1 Å². The van der Waals surface area contributed by atoms with Crippen molar-refractivity contribution in [3.05, 3.63) is 69.4 Å². The highest BCUT2D eigenvalue weighted by atomic mass is 79.9. The summed E-state index contributed by atoms with van der Waals surface area (Å²) in [6.07, 6.45) is 0.135. The van der Waals surface area contributed by atoms with E-state index in [1.54, 1.807) is 7.11 Å². The molecule has 0 radical (unpaired) electrons. The molecule has 0 aliphatic carbocycles. The maximum Gasteiger partial charge on any atom is 0.252 e. The lowest BCUT2D eigenvalue weighted by molar-refractivity contribution is -0.121. The van der Waals surface area contributed by atoms with Gasteiger partial charge in [-0.15, -0.1) is 0 Å². The van der Waals surface area contributed by atoms with Crippen LogP contribution < -0.4 is 10.6 Å². The first kappa shape index (κ1) is 20.1. The van der Waals surface area contributed by atoms with E-state index in [4.69, 9.17) is 4.74 Å². The van der Waals surface area contributed by atoms with E-state index in [9.17, 15) is 14.0 Å². The van der Waals surface area contributed by atoms with E-state index in [1.807, 2.05) is 24.3 Å². The van der Waals surface area contributed by atoms with Crippen LogP contribution in [0.15, 0.2) is 46.9 Å². The minimum absolute atomic E-state index is 0.135. The molecule has 0 fully saturated rings. The zero-order valence-corrected chi connectivity index (χ0v) is 15.9. The molecule has 0 spiro atoms. The lowest BCUT2D eigenvalue weighted by Gasteiger charge is -2.09. The van der Waals surface area contributed by atoms with Gasteiger partial charge in [-0.25, -0.2) is 4.39 Å². The summed E-state index contributed by atoms with van der Waals surface area (Å²) in [5.74, 6) is -1.11. The lowest BCUT2D eigenvalue weighted by atomic mass is 10.1. The van der Waals surface area contributed by atoms with Gasteiger partial charge in [0.2, 0.25) is 5.91 Å². The third-order valence-electron chi connectivity index (χ3n) is 3.60. The lowest BCUT2D eigenvalue weighted by Crippen LogP contribution is -2.30. The number of nitrogens with one attached hydrogen (secondary N) is 2. The van der Waals surface area contributed by atoms with Gasteiger partial charge in [0.25, 0.3) is 5.91 Å². The van der Waals surface area contributed by atoms with Crippen molar-refractivity contribution in [2.75, 3.05) is 13.7 Å². The largest absolute Gasteiger partial charge is 0.380 e. The molecule has 2 amide bonds. The van der Waals surface area contributed by atoms with E-state index < -0.39 is 11.7 Å². The number of amides is 2. The zero-order chi connectivity index (χ0) is 18.9. The molecule has 0 saturated heterocycles. The Kier molecular flexibility index (Phi) is 7.74. The Balaban J connectivity index is 1.76. The number of methoxy groups -OCH3 is 1. The molecule has 0 unspecified atom stereocenters. The fourth-order valence-electron chi connectivity index (χ4n) is 2.34. The number of carbonyl (C=O) groups excluding carboxylic acids is 2. The molecule has 2 N–H and O–H groups in total. The van der Waals surface area contributed by atoms with Crippen LogP contribution in [0, 0.1) is 5.82 Å². The summed E-state index contributed by atoms with van der Waals surface area (Å²) in [6.45, 7) is 1.08. The summed E-state index contributed by atoms with van der Waals surface area (Å²) in [5, 5.41) is 5.41. The van der Waals surface area contributed by atoms with Crippen LogP contribution in [-0.4, -0.2) is 25.5 Å². The molecule has 2 aromatic rings. The van der Waals surface area contributed by atoms with Crippen molar-refractivity contribution in [1.29, 1.82) is 0 Å². The zero-order valence-electron chi connectivity index (χ0n) is 14.4. The maximum absolute atomic E-state index is 13.2. The third-order valence-corrected chi connectivity index (χ3v) is 4.29. The third kappa shape index (κ3) is 6.24. The van der Waals surface area contributed by atoms with Gasteiger partial charge in [-0.2, -0.15) is 0 Å². The minimum atomic E-state index is -0.494. The highest BCUT2D eigenvalue weighted by molar-refractivity contribution is 9.10. The van der Waals surface area contributed by atoms with Crippen LogP contribution in [0.3, 0.4) is 0 Å². The van der Waals surface area contributed by atoms with Crippen molar-refractivity contribution in [2.24, 2.45) is 0 Å². The average molecular weight is 423 g/mol. The van der Waals surface area contributed by atoms with Crippen LogP contribution in [0.4, 0.5) is 4.39 Å². The number of carbonyl (C=O) groups is 2. The summed E-state index contributed by atoms with van der Waals surface area (Å²) in [7, 11) is 1.63. The topological polar surface area (TPSA) is 67.4 Å². The summed E-state index contributed by atoms with van der Waals surface area (Å²) >= 11 is 3.20. The van der Waals surface area contributed by atoms with Gasteiger partial charge in [-0.05, 0) is 45.3 Å². The Hall–Kier alpha value is -2.25. The average Bonchev–Trinajstić information content (AvgIpc) is 2.62.